The lowest BCUT2D eigenvalue weighted by molar-refractivity contribution is 0.0701. The lowest BCUT2D eigenvalue weighted by Crippen LogP contribution is -2.16. The van der Waals surface area contributed by atoms with Crippen LogP contribution in [0.25, 0.3) is 0 Å². The lowest BCUT2D eigenvalue weighted by atomic mass is 10.3. The molecule has 0 aromatic carbocycles. The van der Waals surface area contributed by atoms with Gasteiger partial charge in [-0.25, -0.2) is 17.9 Å². The zero-order valence-corrected chi connectivity index (χ0v) is 13.3. The summed E-state index contributed by atoms with van der Waals surface area (Å²) in [4.78, 5) is 11.0. The molecule has 0 aliphatic carbocycles. The summed E-state index contributed by atoms with van der Waals surface area (Å²) in [6.07, 6.45) is 1.50. The molecule has 0 unspecified atom stereocenters. The zero-order chi connectivity index (χ0) is 15.8. The lowest BCUT2D eigenvalue weighted by Gasteiger charge is -2.12. The Morgan fingerprint density at radius 3 is 2.67 bits per heavy atom. The molecule has 2 N–H and O–H groups in total. The van der Waals surface area contributed by atoms with E-state index in [2.05, 4.69) is 9.82 Å². The number of carboxylic acids is 1. The number of thiophene rings is 1. The van der Waals surface area contributed by atoms with Gasteiger partial charge in [0.15, 0.2) is 0 Å². The van der Waals surface area contributed by atoms with Crippen LogP contribution in [0.1, 0.15) is 35.1 Å². The van der Waals surface area contributed by atoms with Crippen molar-refractivity contribution in [2.45, 2.75) is 31.0 Å². The molecule has 2 heterocycles. The van der Waals surface area contributed by atoms with Crippen molar-refractivity contribution < 1.29 is 18.3 Å². The number of rotatable bonds is 5. The molecule has 0 spiro atoms. The highest BCUT2D eigenvalue weighted by atomic mass is 32.2. The maximum atomic E-state index is 12.3. The van der Waals surface area contributed by atoms with Gasteiger partial charge in [-0.1, -0.05) is 0 Å². The predicted octanol–water partition coefficient (Wildman–Crippen LogP) is 2.33. The third-order valence-electron chi connectivity index (χ3n) is 2.75. The Hall–Kier alpha value is -1.87. The molecule has 0 radical (unpaired) electrons. The monoisotopic (exact) mass is 329 g/mol. The first kappa shape index (κ1) is 15.5. The van der Waals surface area contributed by atoms with Crippen molar-refractivity contribution >= 4 is 33.1 Å². The van der Waals surface area contributed by atoms with Gasteiger partial charge in [0.2, 0.25) is 0 Å². The number of aryl methyl sites for hydroxylation is 1. The van der Waals surface area contributed by atoms with Crippen LogP contribution in [0.5, 0.6) is 0 Å². The average Bonchev–Trinajstić information content (AvgIpc) is 2.95. The second-order valence-electron chi connectivity index (χ2n) is 4.74. The number of sulfonamides is 1. The maximum Gasteiger partial charge on any atom is 0.346 e. The topological polar surface area (TPSA) is 101 Å². The van der Waals surface area contributed by atoms with E-state index in [1.54, 1.807) is 13.0 Å². The molecule has 9 heteroatoms. The van der Waals surface area contributed by atoms with E-state index in [1.165, 1.54) is 16.9 Å². The van der Waals surface area contributed by atoms with Crippen molar-refractivity contribution in [2.24, 2.45) is 0 Å². The molecular weight excluding hydrogens is 314 g/mol. The first-order valence-electron chi connectivity index (χ1n) is 6.12. The van der Waals surface area contributed by atoms with Gasteiger partial charge < -0.3 is 5.11 Å². The normalized spacial score (nSPS) is 11.8. The van der Waals surface area contributed by atoms with Crippen LogP contribution in [0.2, 0.25) is 0 Å². The van der Waals surface area contributed by atoms with Crippen LogP contribution >= 0.6 is 11.3 Å². The molecule has 114 valence electrons. The minimum absolute atomic E-state index is 0.00245. The van der Waals surface area contributed by atoms with Crippen LogP contribution in [0, 0.1) is 6.92 Å². The molecule has 0 saturated heterocycles. The molecule has 0 saturated carbocycles. The molecule has 2 aromatic heterocycles. The first-order chi connectivity index (χ1) is 9.72. The van der Waals surface area contributed by atoms with Gasteiger partial charge in [0.1, 0.15) is 14.9 Å². The molecule has 0 aliphatic heterocycles. The summed E-state index contributed by atoms with van der Waals surface area (Å²) in [5.74, 6) is -0.792. The summed E-state index contributed by atoms with van der Waals surface area (Å²) in [6, 6.07) is 2.90. The first-order valence-corrected chi connectivity index (χ1v) is 8.42. The van der Waals surface area contributed by atoms with Gasteiger partial charge in [-0.15, -0.1) is 11.3 Å². The maximum absolute atomic E-state index is 12.3. The van der Waals surface area contributed by atoms with Gasteiger partial charge in [-0.3, -0.25) is 4.72 Å². The van der Waals surface area contributed by atoms with Crippen LogP contribution in [0.3, 0.4) is 0 Å². The summed E-state index contributed by atoms with van der Waals surface area (Å²) in [5.41, 5.74) is 0.422. The summed E-state index contributed by atoms with van der Waals surface area (Å²) < 4.78 is 28.6. The van der Waals surface area contributed by atoms with Crippen molar-refractivity contribution in [3.05, 3.63) is 28.8 Å². The summed E-state index contributed by atoms with van der Waals surface area (Å²) in [6.45, 7) is 5.32. The molecule has 2 aromatic rings. The van der Waals surface area contributed by atoms with Gasteiger partial charge in [0, 0.05) is 12.1 Å². The van der Waals surface area contributed by atoms with Gasteiger partial charge in [0.05, 0.1) is 6.20 Å². The zero-order valence-electron chi connectivity index (χ0n) is 11.7. The van der Waals surface area contributed by atoms with Gasteiger partial charge >= 0.3 is 5.97 Å². The SMILES string of the molecule is Cc1cc(S(=O)(=O)Nc2ccnn2C(C)C)sc1C(=O)O. The number of anilines is 1. The highest BCUT2D eigenvalue weighted by Gasteiger charge is 2.23. The van der Waals surface area contributed by atoms with Crippen LogP contribution < -0.4 is 4.72 Å². The fourth-order valence-electron chi connectivity index (χ4n) is 1.79. The Labute approximate surface area is 126 Å². The van der Waals surface area contributed by atoms with E-state index in [0.29, 0.717) is 11.4 Å². The van der Waals surface area contributed by atoms with Crippen LogP contribution in [0.15, 0.2) is 22.5 Å². The van der Waals surface area contributed by atoms with Crippen molar-refractivity contribution in [2.75, 3.05) is 4.72 Å². The van der Waals surface area contributed by atoms with E-state index in [4.69, 9.17) is 5.11 Å². The number of hydrogen-bond acceptors (Lipinski definition) is 5. The Bertz CT molecular complexity index is 774. The van der Waals surface area contributed by atoms with Crippen LogP contribution in [-0.2, 0) is 10.0 Å². The largest absolute Gasteiger partial charge is 0.477 e. The summed E-state index contributed by atoms with van der Waals surface area (Å²) >= 11 is 0.731. The molecule has 0 bridgehead atoms. The van der Waals surface area contributed by atoms with Gasteiger partial charge in [-0.2, -0.15) is 5.10 Å². The minimum atomic E-state index is -3.83. The number of aromatic nitrogens is 2. The fourth-order valence-corrected chi connectivity index (χ4v) is 4.22. The fraction of sp³-hybridized carbons (Fsp3) is 0.333. The Kier molecular flexibility index (Phi) is 4.06. The van der Waals surface area contributed by atoms with Crippen molar-refractivity contribution in [3.8, 4) is 0 Å². The number of nitrogens with one attached hydrogen (secondary N) is 1. The second-order valence-corrected chi connectivity index (χ2v) is 7.70. The van der Waals surface area contributed by atoms with E-state index in [-0.39, 0.29) is 15.1 Å². The molecule has 0 aliphatic rings. The standard InChI is InChI=1S/C12H15N3O4S2/c1-7(2)15-9(4-5-13-15)14-21(18,19)10-6-8(3)11(20-10)12(16)17/h4-7,14H,1-3H3,(H,16,17). The van der Waals surface area contributed by atoms with Gasteiger partial charge in [0.25, 0.3) is 10.0 Å². The van der Waals surface area contributed by atoms with E-state index >= 15 is 0 Å². The average molecular weight is 329 g/mol. The van der Waals surface area contributed by atoms with Crippen molar-refractivity contribution in [3.63, 3.8) is 0 Å². The molecule has 0 amide bonds. The van der Waals surface area contributed by atoms with Crippen molar-refractivity contribution in [1.82, 2.24) is 9.78 Å². The number of hydrogen-bond donors (Lipinski definition) is 2. The number of nitrogens with zero attached hydrogens (tertiary/aromatic N) is 2. The van der Waals surface area contributed by atoms with E-state index in [0.717, 1.165) is 11.3 Å². The minimum Gasteiger partial charge on any atom is -0.477 e. The Balaban J connectivity index is 2.37. The summed E-state index contributed by atoms with van der Waals surface area (Å²) in [7, 11) is -3.83. The summed E-state index contributed by atoms with van der Waals surface area (Å²) in [5, 5.41) is 13.0. The van der Waals surface area contributed by atoms with Gasteiger partial charge in [-0.05, 0) is 32.4 Å². The molecule has 2 rings (SSSR count). The smallest absolute Gasteiger partial charge is 0.346 e. The quantitative estimate of drug-likeness (QED) is 0.876. The van der Waals surface area contributed by atoms with E-state index < -0.39 is 16.0 Å². The molecule has 0 fully saturated rings. The predicted molar refractivity (Wildman–Crippen MR) is 79.4 cm³/mol. The number of carbonyl (C=O) groups is 1. The second kappa shape index (κ2) is 5.49. The van der Waals surface area contributed by atoms with E-state index in [1.807, 2.05) is 13.8 Å². The number of carboxylic acid groups (broad SMARTS) is 1. The Morgan fingerprint density at radius 1 is 1.48 bits per heavy atom. The molecule has 0 atom stereocenters. The molecular formula is C12H15N3O4S2. The molecule has 21 heavy (non-hydrogen) atoms. The molecule has 7 nitrogen and oxygen atoms in total. The van der Waals surface area contributed by atoms with Crippen LogP contribution in [0.4, 0.5) is 5.82 Å². The number of aromatic carboxylic acids is 1. The van der Waals surface area contributed by atoms with Crippen molar-refractivity contribution in [1.29, 1.82) is 0 Å². The Morgan fingerprint density at radius 2 is 2.14 bits per heavy atom. The highest BCUT2D eigenvalue weighted by molar-refractivity contribution is 7.94. The third-order valence-corrected chi connectivity index (χ3v) is 5.81. The van der Waals surface area contributed by atoms with Crippen LogP contribution in [-0.4, -0.2) is 29.3 Å². The highest BCUT2D eigenvalue weighted by Crippen LogP contribution is 2.28. The third kappa shape index (κ3) is 3.08. The van der Waals surface area contributed by atoms with E-state index in [9.17, 15) is 13.2 Å².